The van der Waals surface area contributed by atoms with E-state index in [1.54, 1.807) is 37.6 Å². The van der Waals surface area contributed by atoms with Crippen molar-refractivity contribution >= 4 is 32.8 Å². The van der Waals surface area contributed by atoms with Crippen molar-refractivity contribution in [1.82, 2.24) is 9.88 Å². The Morgan fingerprint density at radius 2 is 2.05 bits per heavy atom. The number of aromatic nitrogens is 1. The number of pyridine rings is 1. The smallest absolute Gasteiger partial charge is 0.407 e. The molecular weight excluding hydrogens is 348 g/mol. The molecule has 5 nitrogen and oxygen atoms in total. The fraction of sp³-hybridized carbons (Fsp3) is 0.375. The first-order chi connectivity index (χ1) is 10.3. The van der Waals surface area contributed by atoms with Gasteiger partial charge in [-0.3, -0.25) is 4.79 Å². The number of ether oxygens (including phenoxy) is 1. The zero-order valence-corrected chi connectivity index (χ0v) is 14.4. The molecule has 0 fully saturated rings. The molecule has 118 valence electrons. The normalized spacial score (nSPS) is 11.5. The van der Waals surface area contributed by atoms with Crippen LogP contribution in [0.5, 0.6) is 0 Å². The van der Waals surface area contributed by atoms with Crippen LogP contribution >= 0.6 is 15.9 Å². The Labute approximate surface area is 137 Å². The SMILES string of the molecule is CC(C)(C)OC(=O)NCCn1ccc2ccc(Br)cc2c1=O. The van der Waals surface area contributed by atoms with Gasteiger partial charge in [-0.2, -0.15) is 0 Å². The molecule has 0 bridgehead atoms. The lowest BCUT2D eigenvalue weighted by Gasteiger charge is -2.19. The summed E-state index contributed by atoms with van der Waals surface area (Å²) in [5.74, 6) is 0. The van der Waals surface area contributed by atoms with Crippen molar-refractivity contribution in [1.29, 1.82) is 0 Å². The molecule has 0 spiro atoms. The Morgan fingerprint density at radius 1 is 1.32 bits per heavy atom. The summed E-state index contributed by atoms with van der Waals surface area (Å²) in [4.78, 5) is 23.9. The quantitative estimate of drug-likeness (QED) is 0.906. The predicted molar refractivity (Wildman–Crippen MR) is 90.1 cm³/mol. The molecular formula is C16H19BrN2O3. The third-order valence-electron chi connectivity index (χ3n) is 2.96. The molecule has 2 rings (SSSR count). The molecule has 1 aromatic heterocycles. The Balaban J connectivity index is 2.05. The lowest BCUT2D eigenvalue weighted by Crippen LogP contribution is -2.35. The minimum atomic E-state index is -0.532. The monoisotopic (exact) mass is 366 g/mol. The number of benzene rings is 1. The fourth-order valence-corrected chi connectivity index (χ4v) is 2.38. The van der Waals surface area contributed by atoms with E-state index in [9.17, 15) is 9.59 Å². The molecule has 22 heavy (non-hydrogen) atoms. The number of alkyl carbamates (subject to hydrolysis) is 1. The van der Waals surface area contributed by atoms with E-state index in [-0.39, 0.29) is 5.56 Å². The maximum Gasteiger partial charge on any atom is 0.407 e. The summed E-state index contributed by atoms with van der Waals surface area (Å²) >= 11 is 3.37. The third-order valence-corrected chi connectivity index (χ3v) is 3.45. The maximum absolute atomic E-state index is 12.4. The number of amides is 1. The standard InChI is InChI=1S/C16H19BrN2O3/c1-16(2,3)22-15(21)18-7-9-19-8-6-11-4-5-12(17)10-13(11)14(19)20/h4-6,8,10H,7,9H2,1-3H3,(H,18,21). The molecule has 6 heteroatoms. The number of fused-ring (bicyclic) bond motifs is 1. The largest absolute Gasteiger partial charge is 0.444 e. The summed E-state index contributed by atoms with van der Waals surface area (Å²) in [5, 5.41) is 4.18. The van der Waals surface area contributed by atoms with Crippen molar-refractivity contribution < 1.29 is 9.53 Å². The summed E-state index contributed by atoms with van der Waals surface area (Å²) in [5.41, 5.74) is -0.610. The summed E-state index contributed by atoms with van der Waals surface area (Å²) in [6, 6.07) is 7.48. The molecule has 0 atom stereocenters. The van der Waals surface area contributed by atoms with Gasteiger partial charge < -0.3 is 14.6 Å². The fourth-order valence-electron chi connectivity index (χ4n) is 2.02. The lowest BCUT2D eigenvalue weighted by atomic mass is 10.2. The first-order valence-corrected chi connectivity index (χ1v) is 7.81. The molecule has 0 saturated heterocycles. The Hall–Kier alpha value is -1.82. The molecule has 1 aromatic carbocycles. The van der Waals surface area contributed by atoms with Crippen LogP contribution in [0.15, 0.2) is 39.7 Å². The van der Waals surface area contributed by atoms with Crippen LogP contribution < -0.4 is 10.9 Å². The van der Waals surface area contributed by atoms with Crippen LogP contribution in [0.2, 0.25) is 0 Å². The minimum Gasteiger partial charge on any atom is -0.444 e. The molecule has 0 aliphatic carbocycles. The van der Waals surface area contributed by atoms with Crippen molar-refractivity contribution in [3.05, 3.63) is 45.3 Å². The van der Waals surface area contributed by atoms with Crippen molar-refractivity contribution in [2.75, 3.05) is 6.54 Å². The highest BCUT2D eigenvalue weighted by Gasteiger charge is 2.15. The molecule has 0 aliphatic heterocycles. The maximum atomic E-state index is 12.4. The summed E-state index contributed by atoms with van der Waals surface area (Å²) in [6.07, 6.45) is 1.25. The van der Waals surface area contributed by atoms with Gasteiger partial charge in [0.05, 0.1) is 0 Å². The second-order valence-corrected chi connectivity index (χ2v) is 6.89. The number of nitrogens with zero attached hydrogens (tertiary/aromatic N) is 1. The Kier molecular flexibility index (Phi) is 4.90. The number of carbonyl (C=O) groups is 1. The molecule has 0 unspecified atom stereocenters. The first-order valence-electron chi connectivity index (χ1n) is 7.02. The van der Waals surface area contributed by atoms with E-state index in [4.69, 9.17) is 4.74 Å². The van der Waals surface area contributed by atoms with Crippen LogP contribution in [0.3, 0.4) is 0 Å². The Morgan fingerprint density at radius 3 is 2.73 bits per heavy atom. The molecule has 1 amide bonds. The number of nitrogens with one attached hydrogen (secondary N) is 1. The van der Waals surface area contributed by atoms with Crippen molar-refractivity contribution in [3.63, 3.8) is 0 Å². The zero-order chi connectivity index (χ0) is 16.3. The van der Waals surface area contributed by atoms with Crippen molar-refractivity contribution in [2.24, 2.45) is 0 Å². The average molecular weight is 367 g/mol. The van der Waals surface area contributed by atoms with E-state index in [1.807, 2.05) is 18.2 Å². The molecule has 0 radical (unpaired) electrons. The average Bonchev–Trinajstić information content (AvgIpc) is 2.40. The number of carbonyl (C=O) groups excluding carboxylic acids is 1. The van der Waals surface area contributed by atoms with Gasteiger partial charge in [0.25, 0.3) is 5.56 Å². The molecule has 0 saturated carbocycles. The van der Waals surface area contributed by atoms with Gasteiger partial charge in [0.2, 0.25) is 0 Å². The lowest BCUT2D eigenvalue weighted by molar-refractivity contribution is 0.0526. The van der Waals surface area contributed by atoms with E-state index >= 15 is 0 Å². The first kappa shape index (κ1) is 16.5. The van der Waals surface area contributed by atoms with E-state index < -0.39 is 11.7 Å². The summed E-state index contributed by atoms with van der Waals surface area (Å²) < 4.78 is 7.59. The van der Waals surface area contributed by atoms with Gasteiger partial charge in [-0.1, -0.05) is 22.0 Å². The van der Waals surface area contributed by atoms with Crippen molar-refractivity contribution in [2.45, 2.75) is 32.9 Å². The van der Waals surface area contributed by atoms with Crippen LogP contribution in [-0.4, -0.2) is 22.8 Å². The number of rotatable bonds is 3. The number of hydrogen-bond acceptors (Lipinski definition) is 3. The molecule has 0 aliphatic rings. The highest BCUT2D eigenvalue weighted by molar-refractivity contribution is 9.10. The van der Waals surface area contributed by atoms with Crippen LogP contribution in [0.4, 0.5) is 4.79 Å². The van der Waals surface area contributed by atoms with Crippen molar-refractivity contribution in [3.8, 4) is 0 Å². The van der Waals surface area contributed by atoms with Crippen LogP contribution in [-0.2, 0) is 11.3 Å². The van der Waals surface area contributed by atoms with Gasteiger partial charge in [0.15, 0.2) is 0 Å². The highest BCUT2D eigenvalue weighted by Crippen LogP contribution is 2.16. The summed E-state index contributed by atoms with van der Waals surface area (Å²) in [7, 11) is 0. The van der Waals surface area contributed by atoms with E-state index in [1.165, 1.54) is 0 Å². The van der Waals surface area contributed by atoms with Crippen LogP contribution in [0, 0.1) is 0 Å². The minimum absolute atomic E-state index is 0.0789. The molecule has 1 N–H and O–H groups in total. The van der Waals surface area contributed by atoms with Gasteiger partial charge in [0, 0.05) is 29.1 Å². The van der Waals surface area contributed by atoms with Crippen LogP contribution in [0.1, 0.15) is 20.8 Å². The van der Waals surface area contributed by atoms with Gasteiger partial charge in [-0.25, -0.2) is 4.79 Å². The van der Waals surface area contributed by atoms with E-state index in [2.05, 4.69) is 21.2 Å². The second kappa shape index (κ2) is 6.52. The second-order valence-electron chi connectivity index (χ2n) is 5.97. The van der Waals surface area contributed by atoms with Gasteiger partial charge in [-0.05, 0) is 44.4 Å². The molecule has 1 heterocycles. The van der Waals surface area contributed by atoms with Gasteiger partial charge >= 0.3 is 6.09 Å². The predicted octanol–water partition coefficient (Wildman–Crippen LogP) is 3.29. The number of hydrogen-bond donors (Lipinski definition) is 1. The third kappa shape index (κ3) is 4.34. The number of halogens is 1. The Bertz CT molecular complexity index is 747. The summed E-state index contributed by atoms with van der Waals surface area (Å²) in [6.45, 7) is 6.13. The van der Waals surface area contributed by atoms with E-state index in [0.717, 1.165) is 9.86 Å². The molecule has 2 aromatic rings. The zero-order valence-electron chi connectivity index (χ0n) is 12.9. The topological polar surface area (TPSA) is 60.3 Å². The van der Waals surface area contributed by atoms with Gasteiger partial charge in [0.1, 0.15) is 5.60 Å². The van der Waals surface area contributed by atoms with Gasteiger partial charge in [-0.15, -0.1) is 0 Å². The van der Waals surface area contributed by atoms with E-state index in [0.29, 0.717) is 18.5 Å². The van der Waals surface area contributed by atoms with Crippen LogP contribution in [0.25, 0.3) is 10.8 Å². The highest BCUT2D eigenvalue weighted by atomic mass is 79.9.